The zero-order valence-electron chi connectivity index (χ0n) is 17.7. The molecule has 0 unspecified atom stereocenters. The first-order valence-electron chi connectivity index (χ1n) is 11.6. The fourth-order valence-electron chi connectivity index (χ4n) is 3.37. The van der Waals surface area contributed by atoms with Crippen LogP contribution in [0.2, 0.25) is 0 Å². The summed E-state index contributed by atoms with van der Waals surface area (Å²) in [5.41, 5.74) is 0. The third-order valence-electron chi connectivity index (χ3n) is 5.06. The second kappa shape index (κ2) is 24.3. The molecule has 0 bridgehead atoms. The van der Waals surface area contributed by atoms with E-state index in [1.165, 1.54) is 109 Å². The highest BCUT2D eigenvalue weighted by Crippen LogP contribution is 2.14. The molecule has 0 aliphatic rings. The summed E-state index contributed by atoms with van der Waals surface area (Å²) in [6.07, 6.45) is 32.5. The van der Waals surface area contributed by atoms with Gasteiger partial charge in [-0.05, 0) is 6.42 Å². The number of ether oxygens (including phenoxy) is 2. The van der Waals surface area contributed by atoms with Crippen LogP contribution in [0.1, 0.15) is 122 Å². The molecule has 0 aromatic rings. The normalized spacial score (nSPS) is 10.8. The highest BCUT2D eigenvalue weighted by molar-refractivity contribution is 4.67. The molecule has 0 aromatic heterocycles. The van der Waals surface area contributed by atoms with E-state index in [0.717, 1.165) is 13.0 Å². The van der Waals surface area contributed by atoms with Crippen molar-refractivity contribution in [3.8, 4) is 12.5 Å². The third-order valence-corrected chi connectivity index (χ3v) is 5.06. The van der Waals surface area contributed by atoms with Crippen LogP contribution in [0.3, 0.4) is 0 Å². The van der Waals surface area contributed by atoms with Crippen molar-refractivity contribution in [3.63, 3.8) is 0 Å². The van der Waals surface area contributed by atoms with Crippen molar-refractivity contribution in [3.05, 3.63) is 0 Å². The van der Waals surface area contributed by atoms with Crippen molar-refractivity contribution in [2.24, 2.45) is 0 Å². The average Bonchev–Trinajstić information content (AvgIpc) is 2.66. The van der Waals surface area contributed by atoms with Crippen molar-refractivity contribution < 1.29 is 9.47 Å². The van der Waals surface area contributed by atoms with Gasteiger partial charge in [0.25, 0.3) is 0 Å². The van der Waals surface area contributed by atoms with Crippen LogP contribution in [-0.4, -0.2) is 19.8 Å². The van der Waals surface area contributed by atoms with Gasteiger partial charge in [-0.25, -0.2) is 0 Å². The van der Waals surface area contributed by atoms with Crippen molar-refractivity contribution in [1.82, 2.24) is 0 Å². The quantitative estimate of drug-likeness (QED) is 0.145. The van der Waals surface area contributed by atoms with Crippen molar-refractivity contribution in [1.29, 1.82) is 0 Å². The van der Waals surface area contributed by atoms with E-state index in [1.807, 2.05) is 0 Å². The Morgan fingerprint density at radius 2 is 0.885 bits per heavy atom. The van der Waals surface area contributed by atoms with Crippen molar-refractivity contribution >= 4 is 0 Å². The van der Waals surface area contributed by atoms with Crippen LogP contribution >= 0.6 is 0 Å². The molecule has 0 N–H and O–H groups in total. The second-order valence-electron chi connectivity index (χ2n) is 7.59. The van der Waals surface area contributed by atoms with E-state index in [9.17, 15) is 0 Å². The molecule has 0 saturated heterocycles. The Kier molecular flexibility index (Phi) is 23.7. The molecule has 0 aliphatic heterocycles. The van der Waals surface area contributed by atoms with E-state index >= 15 is 0 Å². The zero-order chi connectivity index (χ0) is 19.0. The van der Waals surface area contributed by atoms with Gasteiger partial charge in [-0.3, -0.25) is 0 Å². The van der Waals surface area contributed by atoms with Crippen molar-refractivity contribution in [2.45, 2.75) is 122 Å². The predicted octanol–water partition coefficient (Wildman–Crippen LogP) is 7.65. The van der Waals surface area contributed by atoms with Crippen LogP contribution in [0.25, 0.3) is 0 Å². The van der Waals surface area contributed by atoms with Gasteiger partial charge in [0.15, 0.2) is 0 Å². The van der Waals surface area contributed by atoms with Gasteiger partial charge in [0.05, 0.1) is 6.61 Å². The fourth-order valence-corrected chi connectivity index (χ4v) is 3.37. The number of terminal acetylenes is 1. The number of hydrogen-bond acceptors (Lipinski definition) is 2. The number of unbranched alkanes of at least 4 members (excludes halogenated alkanes) is 17. The van der Waals surface area contributed by atoms with Gasteiger partial charge >= 0.3 is 0 Å². The Morgan fingerprint density at radius 3 is 1.27 bits per heavy atom. The second-order valence-corrected chi connectivity index (χ2v) is 7.59. The van der Waals surface area contributed by atoms with Crippen LogP contribution in [-0.2, 0) is 9.47 Å². The molecular formula is C24H46O2. The van der Waals surface area contributed by atoms with Gasteiger partial charge in [0, 0.05) is 6.61 Å². The summed E-state index contributed by atoms with van der Waals surface area (Å²) in [5, 5.41) is 0. The zero-order valence-corrected chi connectivity index (χ0v) is 17.7. The van der Waals surface area contributed by atoms with Gasteiger partial charge in [-0.2, -0.15) is 0 Å². The largest absolute Gasteiger partial charge is 0.444 e. The van der Waals surface area contributed by atoms with E-state index in [4.69, 9.17) is 15.9 Å². The molecule has 0 heterocycles. The summed E-state index contributed by atoms with van der Waals surface area (Å²) < 4.78 is 10.2. The lowest BCUT2D eigenvalue weighted by Gasteiger charge is -2.04. The van der Waals surface area contributed by atoms with Gasteiger partial charge in [-0.15, -0.1) is 0 Å². The van der Waals surface area contributed by atoms with Crippen LogP contribution in [0.5, 0.6) is 0 Å². The molecule has 0 atom stereocenters. The molecule has 0 aromatic carbocycles. The Labute approximate surface area is 164 Å². The van der Waals surface area contributed by atoms with Crippen LogP contribution in [0.15, 0.2) is 0 Å². The summed E-state index contributed by atoms with van der Waals surface area (Å²) in [5.74, 6) is 0. The summed E-state index contributed by atoms with van der Waals surface area (Å²) in [6, 6.07) is 0. The summed E-state index contributed by atoms with van der Waals surface area (Å²) in [4.78, 5) is 0. The summed E-state index contributed by atoms with van der Waals surface area (Å²) in [6.45, 7) is 4.25. The Balaban J connectivity index is 2.96. The minimum atomic E-state index is 0.509. The standard InChI is InChI=1S/C24H46O2/c1-3-5-6-7-8-9-10-11-12-13-14-15-16-17-18-19-20-21-22-26-24-23-25-4-2/h2H,3,5-24H2,1H3. The Morgan fingerprint density at radius 1 is 0.500 bits per heavy atom. The van der Waals surface area contributed by atoms with E-state index in [0.29, 0.717) is 13.2 Å². The molecule has 0 spiro atoms. The monoisotopic (exact) mass is 366 g/mol. The van der Waals surface area contributed by atoms with Gasteiger partial charge < -0.3 is 9.47 Å². The lowest BCUT2D eigenvalue weighted by Crippen LogP contribution is -2.02. The topological polar surface area (TPSA) is 18.5 Å². The predicted molar refractivity (Wildman–Crippen MR) is 114 cm³/mol. The van der Waals surface area contributed by atoms with Gasteiger partial charge in [0.2, 0.25) is 0 Å². The smallest absolute Gasteiger partial charge is 0.123 e. The van der Waals surface area contributed by atoms with Gasteiger partial charge in [0.1, 0.15) is 12.7 Å². The molecule has 0 saturated carbocycles. The van der Waals surface area contributed by atoms with E-state index in [-0.39, 0.29) is 0 Å². The first-order chi connectivity index (χ1) is 12.9. The molecule has 0 fully saturated rings. The van der Waals surface area contributed by atoms with Crippen LogP contribution < -0.4 is 0 Å². The molecule has 26 heavy (non-hydrogen) atoms. The maximum absolute atomic E-state index is 5.44. The van der Waals surface area contributed by atoms with Gasteiger partial charge in [-0.1, -0.05) is 123 Å². The molecule has 2 heteroatoms. The van der Waals surface area contributed by atoms with Crippen LogP contribution in [0.4, 0.5) is 0 Å². The van der Waals surface area contributed by atoms with Crippen molar-refractivity contribution in [2.75, 3.05) is 19.8 Å². The molecule has 0 aliphatic carbocycles. The van der Waals surface area contributed by atoms with E-state index in [1.54, 1.807) is 0 Å². The SMILES string of the molecule is C#COCCOCCCCCCCCCCCCCCCCCCCC. The molecule has 0 radical (unpaired) electrons. The summed E-state index contributed by atoms with van der Waals surface area (Å²) in [7, 11) is 0. The van der Waals surface area contributed by atoms with E-state index in [2.05, 4.69) is 13.0 Å². The molecule has 154 valence electrons. The number of rotatable bonds is 22. The molecule has 0 rings (SSSR count). The number of hydrogen-bond donors (Lipinski definition) is 0. The third kappa shape index (κ3) is 23.3. The lowest BCUT2D eigenvalue weighted by molar-refractivity contribution is 0.0884. The first kappa shape index (κ1) is 25.3. The minimum absolute atomic E-state index is 0.509. The highest BCUT2D eigenvalue weighted by atomic mass is 16.5. The maximum Gasteiger partial charge on any atom is 0.123 e. The lowest BCUT2D eigenvalue weighted by atomic mass is 10.0. The minimum Gasteiger partial charge on any atom is -0.444 e. The molecule has 2 nitrogen and oxygen atoms in total. The molecular weight excluding hydrogens is 320 g/mol. The fraction of sp³-hybridized carbons (Fsp3) is 0.917. The maximum atomic E-state index is 5.44. The Bertz CT molecular complexity index is 282. The van der Waals surface area contributed by atoms with E-state index < -0.39 is 0 Å². The average molecular weight is 367 g/mol. The summed E-state index contributed by atoms with van der Waals surface area (Å²) >= 11 is 0. The van der Waals surface area contributed by atoms with Crippen LogP contribution in [0, 0.1) is 12.5 Å². The first-order valence-corrected chi connectivity index (χ1v) is 11.6. The highest BCUT2D eigenvalue weighted by Gasteiger charge is 1.95. The Hall–Kier alpha value is -0.680. The molecule has 0 amide bonds.